The molecule has 0 aliphatic carbocycles. The number of rotatable bonds is 8. The number of carbonyl (C=O) groups excluding carboxylic acids is 2. The van der Waals surface area contributed by atoms with Crippen LogP contribution >= 0.6 is 0 Å². The molecule has 0 radical (unpaired) electrons. The third kappa shape index (κ3) is 4.60. The van der Waals surface area contributed by atoms with Gasteiger partial charge in [0, 0.05) is 28.7 Å². The minimum absolute atomic E-state index is 0.111. The lowest BCUT2D eigenvalue weighted by atomic mass is 9.90. The van der Waals surface area contributed by atoms with E-state index in [1.165, 1.54) is 35.0 Å². The summed E-state index contributed by atoms with van der Waals surface area (Å²) in [6.45, 7) is 7.70. The van der Waals surface area contributed by atoms with Gasteiger partial charge >= 0.3 is 0 Å². The van der Waals surface area contributed by atoms with Gasteiger partial charge in [0.05, 0.1) is 14.2 Å². The second kappa shape index (κ2) is 9.85. The fourth-order valence-electron chi connectivity index (χ4n) is 3.89. The van der Waals surface area contributed by atoms with Crippen LogP contribution in [0.4, 0.5) is 0 Å². The van der Waals surface area contributed by atoms with Crippen molar-refractivity contribution in [2.24, 2.45) is 0 Å². The summed E-state index contributed by atoms with van der Waals surface area (Å²) in [4.78, 5) is 24.4. The molecule has 0 amide bonds. The maximum absolute atomic E-state index is 12.3. The second-order valence-corrected chi connectivity index (χ2v) is 8.05. The topological polar surface area (TPSA) is 134 Å². The van der Waals surface area contributed by atoms with Crippen LogP contribution in [0.15, 0.2) is 11.6 Å². The number of aromatic hydroxyl groups is 4. The molecule has 0 fully saturated rings. The van der Waals surface area contributed by atoms with E-state index in [4.69, 9.17) is 9.47 Å². The zero-order valence-corrected chi connectivity index (χ0v) is 19.9. The molecule has 33 heavy (non-hydrogen) atoms. The normalized spacial score (nSPS) is 10.6. The van der Waals surface area contributed by atoms with Crippen molar-refractivity contribution in [2.45, 2.75) is 47.5 Å². The van der Waals surface area contributed by atoms with Gasteiger partial charge in [0.1, 0.15) is 45.6 Å². The van der Waals surface area contributed by atoms with Crippen molar-refractivity contribution in [2.75, 3.05) is 14.2 Å². The summed E-state index contributed by atoms with van der Waals surface area (Å²) < 4.78 is 10.9. The molecule has 0 bridgehead atoms. The van der Waals surface area contributed by atoms with Crippen LogP contribution in [0.1, 0.15) is 70.7 Å². The number of allylic oxidation sites excluding steroid dienone is 2. The van der Waals surface area contributed by atoms with E-state index in [0.29, 0.717) is 0 Å². The van der Waals surface area contributed by atoms with E-state index < -0.39 is 28.8 Å². The van der Waals surface area contributed by atoms with Crippen molar-refractivity contribution >= 4 is 11.6 Å². The zero-order valence-electron chi connectivity index (χ0n) is 19.9. The third-order valence-corrected chi connectivity index (χ3v) is 5.50. The van der Waals surface area contributed by atoms with E-state index in [1.54, 1.807) is 0 Å². The van der Waals surface area contributed by atoms with Crippen molar-refractivity contribution < 1.29 is 39.5 Å². The van der Waals surface area contributed by atoms with Crippen LogP contribution in [-0.2, 0) is 12.8 Å². The Hall–Kier alpha value is -3.68. The van der Waals surface area contributed by atoms with Crippen molar-refractivity contribution in [1.82, 2.24) is 0 Å². The lowest BCUT2D eigenvalue weighted by molar-refractivity contribution is 0.0998. The van der Waals surface area contributed by atoms with Gasteiger partial charge in [-0.3, -0.25) is 9.59 Å². The van der Waals surface area contributed by atoms with Crippen molar-refractivity contribution in [3.8, 4) is 34.5 Å². The van der Waals surface area contributed by atoms with E-state index >= 15 is 0 Å². The zero-order chi connectivity index (χ0) is 25.2. The Labute approximate surface area is 192 Å². The molecule has 2 aromatic carbocycles. The Morgan fingerprint density at radius 2 is 1.15 bits per heavy atom. The molecule has 0 heterocycles. The summed E-state index contributed by atoms with van der Waals surface area (Å²) in [5.41, 5.74) is 1.16. The third-order valence-electron chi connectivity index (χ3n) is 5.50. The average molecular weight is 459 g/mol. The first-order valence-electron chi connectivity index (χ1n) is 10.3. The number of Topliss-reactive ketones (excluding diaryl/α,β-unsaturated/α-hetero) is 2. The maximum Gasteiger partial charge on any atom is 0.167 e. The molecule has 178 valence electrons. The average Bonchev–Trinajstić information content (AvgIpc) is 2.72. The van der Waals surface area contributed by atoms with Gasteiger partial charge in [-0.2, -0.15) is 0 Å². The fourth-order valence-corrected chi connectivity index (χ4v) is 3.89. The van der Waals surface area contributed by atoms with Crippen LogP contribution in [0.25, 0.3) is 0 Å². The van der Waals surface area contributed by atoms with Crippen LogP contribution in [0.3, 0.4) is 0 Å². The number of benzene rings is 2. The molecule has 4 N–H and O–H groups in total. The van der Waals surface area contributed by atoms with Crippen LogP contribution in [0, 0.1) is 6.92 Å². The number of phenols is 4. The van der Waals surface area contributed by atoms with Gasteiger partial charge in [0.25, 0.3) is 0 Å². The predicted molar refractivity (Wildman–Crippen MR) is 123 cm³/mol. The standard InChI is InChI=1S/C25H30O8/c1-11(2)8-9-15-21(29)19(14(5)27)23(31)17(25(15)33-7)10-16-22(30)18(13(4)26)20(28)12(3)24(16)32-6/h8,28-31H,9-10H2,1-7H3. The van der Waals surface area contributed by atoms with Gasteiger partial charge in [0.15, 0.2) is 11.6 Å². The highest BCUT2D eigenvalue weighted by molar-refractivity contribution is 6.02. The minimum Gasteiger partial charge on any atom is -0.507 e. The highest BCUT2D eigenvalue weighted by Crippen LogP contribution is 2.48. The number of hydrogen-bond donors (Lipinski definition) is 4. The summed E-state index contributed by atoms with van der Waals surface area (Å²) in [5.74, 6) is -2.69. The molecule has 0 aromatic heterocycles. The molecule has 0 atom stereocenters. The highest BCUT2D eigenvalue weighted by atomic mass is 16.5. The number of ketones is 2. The first-order chi connectivity index (χ1) is 15.4. The smallest absolute Gasteiger partial charge is 0.167 e. The SMILES string of the molecule is COc1c(C)c(O)c(C(C)=O)c(O)c1Cc1c(O)c(C(C)=O)c(O)c(CC=C(C)C)c1OC. The molecule has 0 aliphatic heterocycles. The largest absolute Gasteiger partial charge is 0.507 e. The van der Waals surface area contributed by atoms with Crippen molar-refractivity contribution in [3.63, 3.8) is 0 Å². The second-order valence-electron chi connectivity index (χ2n) is 8.05. The molecule has 0 aliphatic rings. The summed E-state index contributed by atoms with van der Waals surface area (Å²) in [6.07, 6.45) is 1.84. The summed E-state index contributed by atoms with van der Waals surface area (Å²) >= 11 is 0. The van der Waals surface area contributed by atoms with Crippen molar-refractivity contribution in [3.05, 3.63) is 45.0 Å². The number of carbonyl (C=O) groups is 2. The summed E-state index contributed by atoms with van der Waals surface area (Å²) in [7, 11) is 2.70. The fraction of sp³-hybridized carbons (Fsp3) is 0.360. The van der Waals surface area contributed by atoms with E-state index in [9.17, 15) is 30.0 Å². The Kier molecular flexibility index (Phi) is 7.64. The maximum atomic E-state index is 12.3. The molecular formula is C25H30O8. The predicted octanol–water partition coefficient (Wildman–Crippen LogP) is 4.34. The van der Waals surface area contributed by atoms with Crippen LogP contribution in [0.2, 0.25) is 0 Å². The van der Waals surface area contributed by atoms with Gasteiger partial charge in [-0.25, -0.2) is 0 Å². The lowest BCUT2D eigenvalue weighted by Gasteiger charge is -2.22. The van der Waals surface area contributed by atoms with Crippen LogP contribution in [0.5, 0.6) is 34.5 Å². The van der Waals surface area contributed by atoms with E-state index in [1.807, 2.05) is 19.9 Å². The monoisotopic (exact) mass is 458 g/mol. The molecule has 0 saturated heterocycles. The van der Waals surface area contributed by atoms with Crippen LogP contribution < -0.4 is 9.47 Å². The number of phenolic OH excluding ortho intramolecular Hbond substituents is 4. The van der Waals surface area contributed by atoms with Gasteiger partial charge < -0.3 is 29.9 Å². The highest BCUT2D eigenvalue weighted by Gasteiger charge is 2.30. The molecule has 8 nitrogen and oxygen atoms in total. The van der Waals surface area contributed by atoms with Gasteiger partial charge in [0.2, 0.25) is 0 Å². The van der Waals surface area contributed by atoms with Gasteiger partial charge in [-0.05, 0) is 41.0 Å². The molecule has 0 spiro atoms. The van der Waals surface area contributed by atoms with Crippen LogP contribution in [-0.4, -0.2) is 46.2 Å². The van der Waals surface area contributed by atoms with Crippen molar-refractivity contribution in [1.29, 1.82) is 0 Å². The Morgan fingerprint density at radius 3 is 1.58 bits per heavy atom. The van der Waals surface area contributed by atoms with E-state index in [0.717, 1.165) is 5.57 Å². The number of hydrogen-bond acceptors (Lipinski definition) is 8. The van der Waals surface area contributed by atoms with Gasteiger partial charge in [-0.1, -0.05) is 11.6 Å². The molecule has 2 rings (SSSR count). The van der Waals surface area contributed by atoms with Gasteiger partial charge in [-0.15, -0.1) is 0 Å². The first-order valence-corrected chi connectivity index (χ1v) is 10.3. The first kappa shape index (κ1) is 25.6. The lowest BCUT2D eigenvalue weighted by Crippen LogP contribution is -2.08. The Balaban J connectivity index is 2.96. The molecule has 0 unspecified atom stereocenters. The number of ether oxygens (including phenoxy) is 2. The molecule has 0 saturated carbocycles. The number of methoxy groups -OCH3 is 2. The summed E-state index contributed by atoms with van der Waals surface area (Å²) in [5, 5.41) is 43.0. The minimum atomic E-state index is -0.562. The molecular weight excluding hydrogens is 428 g/mol. The molecule has 2 aromatic rings. The van der Waals surface area contributed by atoms with E-state index in [-0.39, 0.29) is 63.5 Å². The Bertz CT molecular complexity index is 1150. The van der Waals surface area contributed by atoms with E-state index in [2.05, 4.69) is 0 Å². The molecule has 8 heteroatoms. The Morgan fingerprint density at radius 1 is 0.727 bits per heavy atom. The quantitative estimate of drug-likeness (QED) is 0.339. The summed E-state index contributed by atoms with van der Waals surface area (Å²) in [6, 6.07) is 0.